The van der Waals surface area contributed by atoms with E-state index in [0.717, 1.165) is 80.2 Å². The van der Waals surface area contributed by atoms with E-state index in [-0.39, 0.29) is 41.1 Å². The first-order valence-corrected chi connectivity index (χ1v) is 17.2. The van der Waals surface area contributed by atoms with Crippen LogP contribution >= 0.6 is 0 Å². The fraction of sp³-hybridized carbons (Fsp3) is 0.541. The number of carbonyl (C=O) groups is 3. The summed E-state index contributed by atoms with van der Waals surface area (Å²) in [5, 5.41) is 7.65. The summed E-state index contributed by atoms with van der Waals surface area (Å²) in [4.78, 5) is 50.7. The molecular formula is C37H50N6O3. The number of hydrogen-bond acceptors (Lipinski definition) is 4. The molecule has 9 heteroatoms. The maximum absolute atomic E-state index is 14.5. The van der Waals surface area contributed by atoms with Crippen molar-refractivity contribution in [1.82, 2.24) is 30.3 Å². The molecule has 9 nitrogen and oxygen atoms in total. The van der Waals surface area contributed by atoms with Crippen LogP contribution in [0, 0.1) is 0 Å². The molecule has 0 saturated carbocycles. The molecule has 46 heavy (non-hydrogen) atoms. The number of nitrogens with zero attached hydrogens (tertiary/aromatic N) is 3. The molecule has 4 amide bonds. The molecule has 2 aromatic carbocycles. The summed E-state index contributed by atoms with van der Waals surface area (Å²) < 4.78 is 0. The van der Waals surface area contributed by atoms with Gasteiger partial charge >= 0.3 is 6.03 Å². The fourth-order valence-electron chi connectivity index (χ4n) is 8.27. The van der Waals surface area contributed by atoms with Crippen LogP contribution in [0.25, 0.3) is 10.9 Å². The molecule has 4 atom stereocenters. The van der Waals surface area contributed by atoms with Crippen LogP contribution < -0.4 is 10.6 Å². The Morgan fingerprint density at radius 3 is 2.54 bits per heavy atom. The van der Waals surface area contributed by atoms with Gasteiger partial charge in [-0.1, -0.05) is 56.3 Å². The minimum absolute atomic E-state index is 0.0438. The zero-order chi connectivity index (χ0) is 32.4. The van der Waals surface area contributed by atoms with E-state index < -0.39 is 6.04 Å². The third-order valence-corrected chi connectivity index (χ3v) is 11.1. The second-order valence-electron chi connectivity index (χ2n) is 13.8. The number of rotatable bonds is 8. The number of aromatic amines is 1. The van der Waals surface area contributed by atoms with Crippen LogP contribution in [0.4, 0.5) is 4.79 Å². The number of fused-ring (bicyclic) bond motifs is 3. The maximum Gasteiger partial charge on any atom is 0.318 e. The molecule has 2 aliphatic heterocycles. The van der Waals surface area contributed by atoms with Crippen LogP contribution in [0.2, 0.25) is 0 Å². The van der Waals surface area contributed by atoms with Gasteiger partial charge in [0.15, 0.2) is 0 Å². The lowest BCUT2D eigenvalue weighted by molar-refractivity contribution is -0.136. The Morgan fingerprint density at radius 1 is 1.07 bits per heavy atom. The zero-order valence-corrected chi connectivity index (χ0v) is 27.9. The molecular weight excluding hydrogens is 576 g/mol. The van der Waals surface area contributed by atoms with Crippen LogP contribution in [0.1, 0.15) is 80.9 Å². The molecule has 6 rings (SSSR count). The number of likely N-dealkylation sites (tertiary alicyclic amines) is 1. The molecule has 3 aliphatic rings. The molecule has 2 saturated heterocycles. The summed E-state index contributed by atoms with van der Waals surface area (Å²) in [6.07, 6.45) is 7.26. The van der Waals surface area contributed by atoms with Crippen molar-refractivity contribution >= 4 is 28.7 Å². The Morgan fingerprint density at radius 2 is 1.80 bits per heavy atom. The fourth-order valence-corrected chi connectivity index (χ4v) is 8.27. The Balaban J connectivity index is 1.22. The van der Waals surface area contributed by atoms with Crippen molar-refractivity contribution in [2.45, 2.75) is 81.7 Å². The van der Waals surface area contributed by atoms with Gasteiger partial charge in [-0.3, -0.25) is 9.59 Å². The lowest BCUT2D eigenvalue weighted by Crippen LogP contribution is -2.58. The van der Waals surface area contributed by atoms with Crippen molar-refractivity contribution in [1.29, 1.82) is 0 Å². The number of aromatic nitrogens is 1. The first-order valence-electron chi connectivity index (χ1n) is 17.2. The molecule has 3 N–H and O–H groups in total. The van der Waals surface area contributed by atoms with Gasteiger partial charge in [-0.25, -0.2) is 4.79 Å². The summed E-state index contributed by atoms with van der Waals surface area (Å²) in [5.74, 6) is -0.242. The van der Waals surface area contributed by atoms with Gasteiger partial charge in [0.05, 0.1) is 5.92 Å². The molecule has 0 bridgehead atoms. The van der Waals surface area contributed by atoms with Crippen molar-refractivity contribution in [3.8, 4) is 0 Å². The van der Waals surface area contributed by atoms with Gasteiger partial charge < -0.3 is 30.3 Å². The van der Waals surface area contributed by atoms with E-state index >= 15 is 0 Å². The van der Waals surface area contributed by atoms with Gasteiger partial charge in [0.1, 0.15) is 6.04 Å². The van der Waals surface area contributed by atoms with Gasteiger partial charge in [-0.05, 0) is 67.8 Å². The van der Waals surface area contributed by atoms with Crippen LogP contribution in [-0.2, 0) is 15.0 Å². The predicted octanol–water partition coefficient (Wildman–Crippen LogP) is 4.95. The first kappa shape index (κ1) is 32.1. The quantitative estimate of drug-likeness (QED) is 0.330. The highest BCUT2D eigenvalue weighted by Crippen LogP contribution is 2.52. The molecule has 0 radical (unpaired) electrons. The molecule has 3 aromatic rings. The lowest BCUT2D eigenvalue weighted by Gasteiger charge is -2.42. The second-order valence-corrected chi connectivity index (χ2v) is 13.8. The molecule has 2 unspecified atom stereocenters. The number of nitrogens with one attached hydrogen (secondary N) is 3. The minimum atomic E-state index is -0.715. The summed E-state index contributed by atoms with van der Waals surface area (Å²) in [6.45, 7) is 7.80. The predicted molar refractivity (Wildman–Crippen MR) is 182 cm³/mol. The number of urea groups is 1. The smallest absolute Gasteiger partial charge is 0.318 e. The van der Waals surface area contributed by atoms with Gasteiger partial charge in [0, 0.05) is 74.7 Å². The van der Waals surface area contributed by atoms with Gasteiger partial charge in [0.2, 0.25) is 11.8 Å². The van der Waals surface area contributed by atoms with Crippen LogP contribution in [-0.4, -0.2) is 96.4 Å². The summed E-state index contributed by atoms with van der Waals surface area (Å²) in [6, 6.07) is 15.7. The third kappa shape index (κ3) is 6.01. The average Bonchev–Trinajstić information content (AvgIpc) is 3.66. The number of likely N-dealkylation sites (N-methyl/N-ethyl adjacent to an activating group) is 2. The molecule has 246 valence electrons. The number of piperidine rings is 2. The summed E-state index contributed by atoms with van der Waals surface area (Å²) >= 11 is 0. The third-order valence-electron chi connectivity index (χ3n) is 11.1. The van der Waals surface area contributed by atoms with E-state index in [2.05, 4.69) is 46.8 Å². The standard InChI is InChI=1S/C37H50N6O3/c1-5-19-41(3)34(44)29-22-37(31-14-8-6-12-27(29)31)16-20-43(21-17-37)35(45)33(40-36(46)42(4)26-11-10-18-38-23-26)25(2)30-24-39-32-15-9-7-13-28(30)32/h6-9,12-15,24-26,29,33,38-39H,5,10-11,16-23H2,1-4H3,(H,40,46)/t25-,26?,29-,33?/m1/s1. The van der Waals surface area contributed by atoms with E-state index in [1.54, 1.807) is 4.90 Å². The summed E-state index contributed by atoms with van der Waals surface area (Å²) in [7, 11) is 3.75. The van der Waals surface area contributed by atoms with Crippen molar-refractivity contribution in [2.75, 3.05) is 46.8 Å². The molecule has 2 fully saturated rings. The van der Waals surface area contributed by atoms with Crippen molar-refractivity contribution in [2.24, 2.45) is 0 Å². The highest BCUT2D eigenvalue weighted by atomic mass is 16.2. The molecule has 1 aliphatic carbocycles. The number of carbonyl (C=O) groups excluding carboxylic acids is 3. The lowest BCUT2D eigenvalue weighted by atomic mass is 9.73. The number of amides is 4. The Hall–Kier alpha value is -3.85. The highest BCUT2D eigenvalue weighted by Gasteiger charge is 2.49. The Kier molecular flexibility index (Phi) is 9.41. The first-order chi connectivity index (χ1) is 22.2. The number of H-pyrrole nitrogens is 1. The minimum Gasteiger partial charge on any atom is -0.361 e. The highest BCUT2D eigenvalue weighted by molar-refractivity contribution is 5.91. The SMILES string of the molecule is CCCN(C)C(=O)[C@@H]1CC2(CCN(C(=O)C(NC(=O)N(C)C3CCCNC3)[C@H](C)c3c[nH]c4ccccc34)CC2)c2ccccc21. The monoisotopic (exact) mass is 626 g/mol. The van der Waals surface area contributed by atoms with E-state index in [4.69, 9.17) is 0 Å². The van der Waals surface area contributed by atoms with E-state index in [0.29, 0.717) is 13.1 Å². The number of hydrogen-bond donors (Lipinski definition) is 3. The zero-order valence-electron chi connectivity index (χ0n) is 27.9. The van der Waals surface area contributed by atoms with Crippen LogP contribution in [0.3, 0.4) is 0 Å². The largest absolute Gasteiger partial charge is 0.361 e. The average molecular weight is 627 g/mol. The van der Waals surface area contributed by atoms with Crippen molar-refractivity contribution in [3.63, 3.8) is 0 Å². The Bertz CT molecular complexity index is 1550. The van der Waals surface area contributed by atoms with Gasteiger partial charge in [0.25, 0.3) is 0 Å². The molecule has 1 spiro atoms. The van der Waals surface area contributed by atoms with Crippen molar-refractivity contribution < 1.29 is 14.4 Å². The van der Waals surface area contributed by atoms with Gasteiger partial charge in [-0.2, -0.15) is 0 Å². The van der Waals surface area contributed by atoms with E-state index in [9.17, 15) is 14.4 Å². The van der Waals surface area contributed by atoms with E-state index in [1.807, 2.05) is 61.3 Å². The molecule has 3 heterocycles. The second kappa shape index (κ2) is 13.5. The number of para-hydroxylation sites is 1. The van der Waals surface area contributed by atoms with Crippen molar-refractivity contribution in [3.05, 3.63) is 71.4 Å². The van der Waals surface area contributed by atoms with Crippen LogP contribution in [0.15, 0.2) is 54.7 Å². The maximum atomic E-state index is 14.5. The number of benzene rings is 2. The van der Waals surface area contributed by atoms with E-state index in [1.165, 1.54) is 5.56 Å². The van der Waals surface area contributed by atoms with Gasteiger partial charge in [-0.15, -0.1) is 0 Å². The Labute approximate surface area is 273 Å². The normalized spacial score (nSPS) is 21.9. The summed E-state index contributed by atoms with van der Waals surface area (Å²) in [5.41, 5.74) is 4.32. The topological polar surface area (TPSA) is 101 Å². The van der Waals surface area contributed by atoms with Crippen LogP contribution in [0.5, 0.6) is 0 Å². The molecule has 1 aromatic heterocycles.